The van der Waals surface area contributed by atoms with Crippen LogP contribution < -0.4 is 5.32 Å². The number of amides is 1. The SMILES string of the molecule is CC(NC(=O)CCc1nc2ccccc2n1-c1ccccc1)c1ccccn1. The highest BCUT2D eigenvalue weighted by Crippen LogP contribution is 2.22. The smallest absolute Gasteiger partial charge is 0.220 e. The third-order valence-electron chi connectivity index (χ3n) is 4.73. The van der Waals surface area contributed by atoms with Crippen LogP contribution in [0.25, 0.3) is 16.7 Å². The molecule has 2 aromatic carbocycles. The lowest BCUT2D eigenvalue weighted by molar-refractivity contribution is -0.121. The highest BCUT2D eigenvalue weighted by atomic mass is 16.1. The molecule has 4 aromatic rings. The molecule has 0 bridgehead atoms. The molecule has 1 N–H and O–H groups in total. The highest BCUT2D eigenvalue weighted by molar-refractivity contribution is 5.79. The summed E-state index contributed by atoms with van der Waals surface area (Å²) in [5.41, 5.74) is 3.88. The molecule has 28 heavy (non-hydrogen) atoms. The first-order valence-electron chi connectivity index (χ1n) is 9.44. The molecule has 0 saturated heterocycles. The summed E-state index contributed by atoms with van der Waals surface area (Å²) in [7, 11) is 0. The Morgan fingerprint density at radius 2 is 1.75 bits per heavy atom. The van der Waals surface area contributed by atoms with E-state index in [-0.39, 0.29) is 11.9 Å². The maximum absolute atomic E-state index is 12.5. The Bertz CT molecular complexity index is 1070. The Balaban J connectivity index is 1.53. The van der Waals surface area contributed by atoms with Crippen LogP contribution in [0.5, 0.6) is 0 Å². The van der Waals surface area contributed by atoms with Gasteiger partial charge in [-0.2, -0.15) is 0 Å². The topological polar surface area (TPSA) is 59.8 Å². The zero-order valence-electron chi connectivity index (χ0n) is 15.7. The fraction of sp³-hybridized carbons (Fsp3) is 0.174. The minimum atomic E-state index is -0.123. The zero-order valence-corrected chi connectivity index (χ0v) is 15.7. The summed E-state index contributed by atoms with van der Waals surface area (Å²) in [6, 6.07) is 23.8. The van der Waals surface area contributed by atoms with Crippen LogP contribution >= 0.6 is 0 Å². The molecule has 0 radical (unpaired) electrons. The summed E-state index contributed by atoms with van der Waals surface area (Å²) in [5.74, 6) is 0.873. The van der Waals surface area contributed by atoms with Gasteiger partial charge in [0.25, 0.3) is 0 Å². The predicted octanol–water partition coefficient (Wildman–Crippen LogP) is 4.23. The van der Waals surface area contributed by atoms with Crippen molar-refractivity contribution < 1.29 is 4.79 Å². The number of imidazole rings is 1. The summed E-state index contributed by atoms with van der Waals surface area (Å²) in [5, 5.41) is 3.02. The first-order chi connectivity index (χ1) is 13.7. The largest absolute Gasteiger partial charge is 0.348 e. The molecule has 2 heterocycles. The van der Waals surface area contributed by atoms with Crippen molar-refractivity contribution >= 4 is 16.9 Å². The van der Waals surface area contributed by atoms with Crippen molar-refractivity contribution in [3.8, 4) is 5.69 Å². The average Bonchev–Trinajstić information content (AvgIpc) is 3.12. The number of fused-ring (bicyclic) bond motifs is 1. The molecule has 0 spiro atoms. The number of pyridine rings is 1. The third-order valence-corrected chi connectivity index (χ3v) is 4.73. The molecule has 5 nitrogen and oxygen atoms in total. The van der Waals surface area contributed by atoms with E-state index >= 15 is 0 Å². The molecule has 0 fully saturated rings. The zero-order chi connectivity index (χ0) is 19.3. The van der Waals surface area contributed by atoms with E-state index in [1.807, 2.05) is 61.5 Å². The van der Waals surface area contributed by atoms with Crippen LogP contribution in [0.3, 0.4) is 0 Å². The monoisotopic (exact) mass is 370 g/mol. The second-order valence-electron chi connectivity index (χ2n) is 6.73. The van der Waals surface area contributed by atoms with Gasteiger partial charge in [-0.3, -0.25) is 14.3 Å². The summed E-state index contributed by atoms with van der Waals surface area (Å²) in [6.07, 6.45) is 2.66. The van der Waals surface area contributed by atoms with Crippen molar-refractivity contribution in [3.05, 3.63) is 90.5 Å². The van der Waals surface area contributed by atoms with Crippen LogP contribution in [-0.2, 0) is 11.2 Å². The van der Waals surface area contributed by atoms with Crippen molar-refractivity contribution in [1.82, 2.24) is 19.9 Å². The number of hydrogen-bond donors (Lipinski definition) is 1. The molecule has 0 aliphatic heterocycles. The van der Waals surface area contributed by atoms with Crippen molar-refractivity contribution in [1.29, 1.82) is 0 Å². The maximum atomic E-state index is 12.5. The summed E-state index contributed by atoms with van der Waals surface area (Å²) in [6.45, 7) is 1.94. The van der Waals surface area contributed by atoms with Gasteiger partial charge in [-0.25, -0.2) is 4.98 Å². The molecule has 1 amide bonds. The fourth-order valence-electron chi connectivity index (χ4n) is 3.35. The minimum absolute atomic E-state index is 0.00943. The normalized spacial score (nSPS) is 12.0. The Hall–Kier alpha value is -3.47. The van der Waals surface area contributed by atoms with E-state index in [1.54, 1.807) is 6.20 Å². The molecular weight excluding hydrogens is 348 g/mol. The highest BCUT2D eigenvalue weighted by Gasteiger charge is 2.15. The summed E-state index contributed by atoms with van der Waals surface area (Å²) in [4.78, 5) is 21.6. The summed E-state index contributed by atoms with van der Waals surface area (Å²) < 4.78 is 2.13. The van der Waals surface area contributed by atoms with Gasteiger partial charge in [0, 0.05) is 24.7 Å². The lowest BCUT2D eigenvalue weighted by Gasteiger charge is -2.13. The number of aryl methyl sites for hydroxylation is 1. The van der Waals surface area contributed by atoms with Crippen LogP contribution in [0.15, 0.2) is 79.0 Å². The van der Waals surface area contributed by atoms with Crippen LogP contribution in [0.2, 0.25) is 0 Å². The number of nitrogens with zero attached hydrogens (tertiary/aromatic N) is 3. The first-order valence-corrected chi connectivity index (χ1v) is 9.44. The van der Waals surface area contributed by atoms with Gasteiger partial charge in [0.2, 0.25) is 5.91 Å². The van der Waals surface area contributed by atoms with E-state index in [9.17, 15) is 4.79 Å². The Labute approximate surface area is 164 Å². The average molecular weight is 370 g/mol. The second kappa shape index (κ2) is 8.05. The number of carbonyl (C=O) groups is 1. The molecule has 0 saturated carbocycles. The molecule has 0 aliphatic carbocycles. The standard InChI is InChI=1S/C23H22N4O/c1-17(19-11-7-8-16-24-19)25-23(28)15-14-22-26-20-12-5-6-13-21(20)27(22)18-9-3-2-4-10-18/h2-13,16-17H,14-15H2,1H3,(H,25,28). The van der Waals surface area contributed by atoms with E-state index in [0.29, 0.717) is 12.8 Å². The maximum Gasteiger partial charge on any atom is 0.220 e. The predicted molar refractivity (Wildman–Crippen MR) is 110 cm³/mol. The lowest BCUT2D eigenvalue weighted by atomic mass is 10.2. The number of benzene rings is 2. The quantitative estimate of drug-likeness (QED) is 0.552. The van der Waals surface area contributed by atoms with Crippen LogP contribution in [0.4, 0.5) is 0 Å². The van der Waals surface area contributed by atoms with Crippen molar-refractivity contribution in [2.24, 2.45) is 0 Å². The number of carbonyl (C=O) groups excluding carboxylic acids is 1. The molecule has 1 atom stereocenters. The van der Waals surface area contributed by atoms with E-state index in [4.69, 9.17) is 4.98 Å². The van der Waals surface area contributed by atoms with Crippen LogP contribution in [-0.4, -0.2) is 20.4 Å². The van der Waals surface area contributed by atoms with Crippen LogP contribution in [0, 0.1) is 0 Å². The number of hydrogen-bond acceptors (Lipinski definition) is 3. The molecule has 0 aliphatic rings. The number of para-hydroxylation sites is 3. The van der Waals surface area contributed by atoms with Gasteiger partial charge in [-0.05, 0) is 43.3 Å². The van der Waals surface area contributed by atoms with Crippen molar-refractivity contribution in [2.75, 3.05) is 0 Å². The molecule has 1 unspecified atom stereocenters. The van der Waals surface area contributed by atoms with E-state index in [1.165, 1.54) is 0 Å². The van der Waals surface area contributed by atoms with Gasteiger partial charge in [0.1, 0.15) is 5.82 Å². The van der Waals surface area contributed by atoms with Crippen molar-refractivity contribution in [2.45, 2.75) is 25.8 Å². The van der Waals surface area contributed by atoms with Gasteiger partial charge in [0.05, 0.1) is 22.8 Å². The molecular formula is C23H22N4O. The Morgan fingerprint density at radius 1 is 1.00 bits per heavy atom. The van der Waals surface area contributed by atoms with Gasteiger partial charge in [-0.15, -0.1) is 0 Å². The number of rotatable bonds is 6. The minimum Gasteiger partial charge on any atom is -0.348 e. The second-order valence-corrected chi connectivity index (χ2v) is 6.73. The Kier molecular flexibility index (Phi) is 5.15. The van der Waals surface area contributed by atoms with Crippen molar-refractivity contribution in [3.63, 3.8) is 0 Å². The van der Waals surface area contributed by atoms with Gasteiger partial charge in [0.15, 0.2) is 0 Å². The number of aromatic nitrogens is 3. The summed E-state index contributed by atoms with van der Waals surface area (Å²) >= 11 is 0. The fourth-order valence-corrected chi connectivity index (χ4v) is 3.35. The van der Waals surface area contributed by atoms with E-state index in [0.717, 1.165) is 28.2 Å². The molecule has 4 rings (SSSR count). The van der Waals surface area contributed by atoms with E-state index < -0.39 is 0 Å². The van der Waals surface area contributed by atoms with Crippen LogP contribution in [0.1, 0.15) is 30.9 Å². The first kappa shape index (κ1) is 17.9. The lowest BCUT2D eigenvalue weighted by Crippen LogP contribution is -2.27. The number of nitrogens with one attached hydrogen (secondary N) is 1. The van der Waals surface area contributed by atoms with E-state index in [2.05, 4.69) is 33.1 Å². The molecule has 140 valence electrons. The van der Waals surface area contributed by atoms with Gasteiger partial charge < -0.3 is 5.32 Å². The third kappa shape index (κ3) is 3.78. The van der Waals surface area contributed by atoms with Gasteiger partial charge in [-0.1, -0.05) is 36.4 Å². The van der Waals surface area contributed by atoms with Gasteiger partial charge >= 0.3 is 0 Å². The molecule has 5 heteroatoms. The Morgan fingerprint density at radius 3 is 2.54 bits per heavy atom. The molecule has 2 aromatic heterocycles.